The molecule has 0 aliphatic heterocycles. The minimum atomic E-state index is -0.339. The summed E-state index contributed by atoms with van der Waals surface area (Å²) in [6.07, 6.45) is 8.12. The Morgan fingerprint density at radius 1 is 1.32 bits per heavy atom. The molecule has 1 amide bonds. The topological polar surface area (TPSA) is 49.6 Å². The molecule has 1 rings (SSSR count). The highest BCUT2D eigenvalue weighted by Gasteiger charge is 2.21. The fourth-order valence-corrected chi connectivity index (χ4v) is 3.09. The average molecular weight is 287 g/mol. The first-order valence-electron chi connectivity index (χ1n) is 7.26. The lowest BCUT2D eigenvalue weighted by Gasteiger charge is -2.28. The van der Waals surface area contributed by atoms with Crippen LogP contribution in [-0.4, -0.2) is 67.0 Å². The summed E-state index contributed by atoms with van der Waals surface area (Å²) in [7, 11) is 4.03. The lowest BCUT2D eigenvalue weighted by Crippen LogP contribution is -2.45. The summed E-state index contributed by atoms with van der Waals surface area (Å²) in [5.41, 5.74) is 5.91. The smallest absolute Gasteiger partial charge is 0.239 e. The molecule has 0 bridgehead atoms. The number of amides is 1. The summed E-state index contributed by atoms with van der Waals surface area (Å²) in [5, 5.41) is 0. The van der Waals surface area contributed by atoms with Crippen molar-refractivity contribution in [2.75, 3.05) is 39.2 Å². The molecule has 0 aromatic rings. The molecule has 1 aliphatic rings. The molecule has 1 saturated carbocycles. The van der Waals surface area contributed by atoms with E-state index < -0.39 is 0 Å². The first kappa shape index (κ1) is 16.8. The molecule has 0 aromatic carbocycles. The SMILES string of the molecule is CSCC[C@H](N)C(=O)N(C)CCN(C)C1CCCC1. The van der Waals surface area contributed by atoms with Crippen molar-refractivity contribution in [3.05, 3.63) is 0 Å². The van der Waals surface area contributed by atoms with Crippen LogP contribution in [0.25, 0.3) is 0 Å². The third-order valence-electron chi connectivity index (χ3n) is 4.06. The van der Waals surface area contributed by atoms with E-state index in [4.69, 9.17) is 5.73 Å². The normalized spacial score (nSPS) is 17.9. The third kappa shape index (κ3) is 5.71. The second-order valence-corrected chi connectivity index (χ2v) is 6.55. The van der Waals surface area contributed by atoms with Crippen molar-refractivity contribution < 1.29 is 4.79 Å². The third-order valence-corrected chi connectivity index (χ3v) is 4.71. The van der Waals surface area contributed by atoms with Gasteiger partial charge in [-0.3, -0.25) is 4.79 Å². The Morgan fingerprint density at radius 3 is 2.53 bits per heavy atom. The molecule has 1 atom stereocenters. The van der Waals surface area contributed by atoms with Crippen molar-refractivity contribution >= 4 is 17.7 Å². The van der Waals surface area contributed by atoms with Gasteiger partial charge in [-0.25, -0.2) is 0 Å². The van der Waals surface area contributed by atoms with Crippen molar-refractivity contribution in [1.82, 2.24) is 9.80 Å². The largest absolute Gasteiger partial charge is 0.343 e. The Kier molecular flexibility index (Phi) is 7.80. The van der Waals surface area contributed by atoms with Gasteiger partial charge in [0.2, 0.25) is 5.91 Å². The van der Waals surface area contributed by atoms with Gasteiger partial charge < -0.3 is 15.5 Å². The number of rotatable bonds is 8. The van der Waals surface area contributed by atoms with Gasteiger partial charge >= 0.3 is 0 Å². The first-order valence-corrected chi connectivity index (χ1v) is 8.65. The fraction of sp³-hybridized carbons (Fsp3) is 0.929. The van der Waals surface area contributed by atoms with Crippen LogP contribution in [-0.2, 0) is 4.79 Å². The minimum Gasteiger partial charge on any atom is -0.343 e. The maximum atomic E-state index is 12.1. The van der Waals surface area contributed by atoms with Gasteiger partial charge in [0.15, 0.2) is 0 Å². The van der Waals surface area contributed by atoms with Crippen molar-refractivity contribution in [3.8, 4) is 0 Å². The van der Waals surface area contributed by atoms with Gasteiger partial charge in [0, 0.05) is 26.2 Å². The van der Waals surface area contributed by atoms with E-state index in [1.807, 2.05) is 13.3 Å². The van der Waals surface area contributed by atoms with Crippen LogP contribution in [0.4, 0.5) is 0 Å². The molecule has 4 nitrogen and oxygen atoms in total. The molecule has 0 radical (unpaired) electrons. The molecule has 0 spiro atoms. The second-order valence-electron chi connectivity index (χ2n) is 5.57. The van der Waals surface area contributed by atoms with Gasteiger partial charge in [0.05, 0.1) is 6.04 Å². The minimum absolute atomic E-state index is 0.0777. The standard InChI is InChI=1S/C14H29N3OS/c1-16(12-6-4-5-7-12)9-10-17(2)14(18)13(15)8-11-19-3/h12-13H,4-11,15H2,1-3H3/t13-/m0/s1. The number of nitrogens with zero attached hydrogens (tertiary/aromatic N) is 2. The molecule has 5 heteroatoms. The maximum absolute atomic E-state index is 12.1. The van der Waals surface area contributed by atoms with Gasteiger partial charge in [-0.05, 0) is 38.3 Å². The van der Waals surface area contributed by atoms with E-state index in [0.29, 0.717) is 6.04 Å². The highest BCUT2D eigenvalue weighted by molar-refractivity contribution is 7.98. The molecule has 0 unspecified atom stereocenters. The molecular formula is C14H29N3OS. The van der Waals surface area contributed by atoms with E-state index >= 15 is 0 Å². The Morgan fingerprint density at radius 2 is 1.95 bits per heavy atom. The predicted octanol–water partition coefficient (Wildman–Crippen LogP) is 1.40. The monoisotopic (exact) mass is 287 g/mol. The summed E-state index contributed by atoms with van der Waals surface area (Å²) < 4.78 is 0. The van der Waals surface area contributed by atoms with Crippen molar-refractivity contribution in [1.29, 1.82) is 0 Å². The van der Waals surface area contributed by atoms with Gasteiger partial charge in [-0.1, -0.05) is 12.8 Å². The number of thioether (sulfide) groups is 1. The molecule has 112 valence electrons. The highest BCUT2D eigenvalue weighted by Crippen LogP contribution is 2.21. The van der Waals surface area contributed by atoms with Crippen LogP contribution >= 0.6 is 11.8 Å². The summed E-state index contributed by atoms with van der Waals surface area (Å²) in [6.45, 7) is 1.72. The number of hydrogen-bond acceptors (Lipinski definition) is 4. The van der Waals surface area contributed by atoms with Gasteiger partial charge in [-0.15, -0.1) is 0 Å². The van der Waals surface area contributed by atoms with Crippen LogP contribution in [0.2, 0.25) is 0 Å². The molecular weight excluding hydrogens is 258 g/mol. The zero-order valence-electron chi connectivity index (χ0n) is 12.6. The molecule has 2 N–H and O–H groups in total. The van der Waals surface area contributed by atoms with Gasteiger partial charge in [0.25, 0.3) is 0 Å². The molecule has 0 saturated heterocycles. The molecule has 1 aliphatic carbocycles. The summed E-state index contributed by atoms with van der Waals surface area (Å²) >= 11 is 1.74. The lowest BCUT2D eigenvalue weighted by molar-refractivity contribution is -0.131. The van der Waals surface area contributed by atoms with Crippen LogP contribution in [0.5, 0.6) is 0 Å². The Balaban J connectivity index is 2.25. The lowest BCUT2D eigenvalue weighted by atomic mass is 10.2. The Labute approximate surface area is 122 Å². The molecule has 0 aromatic heterocycles. The summed E-state index contributed by atoms with van der Waals surface area (Å²) in [5.74, 6) is 1.02. The highest BCUT2D eigenvalue weighted by atomic mass is 32.2. The van der Waals surface area contributed by atoms with Crippen LogP contribution in [0.1, 0.15) is 32.1 Å². The number of nitrogens with two attached hydrogens (primary N) is 1. The van der Waals surface area contributed by atoms with Gasteiger partial charge in [0.1, 0.15) is 0 Å². The first-order chi connectivity index (χ1) is 9.06. The van der Waals surface area contributed by atoms with Crippen LogP contribution in [0.3, 0.4) is 0 Å². The number of carbonyl (C=O) groups is 1. The second kappa shape index (κ2) is 8.82. The Hall–Kier alpha value is -0.260. The van der Waals surface area contributed by atoms with Crippen molar-refractivity contribution in [2.24, 2.45) is 5.73 Å². The summed E-state index contributed by atoms with van der Waals surface area (Å²) in [4.78, 5) is 16.2. The van der Waals surface area contributed by atoms with Crippen LogP contribution in [0.15, 0.2) is 0 Å². The van der Waals surface area contributed by atoms with E-state index in [1.165, 1.54) is 25.7 Å². The van der Waals surface area contributed by atoms with E-state index in [-0.39, 0.29) is 11.9 Å². The van der Waals surface area contributed by atoms with Crippen LogP contribution < -0.4 is 5.73 Å². The average Bonchev–Trinajstić information content (AvgIpc) is 2.94. The summed E-state index contributed by atoms with van der Waals surface area (Å²) in [6, 6.07) is 0.378. The van der Waals surface area contributed by atoms with E-state index in [2.05, 4.69) is 11.9 Å². The van der Waals surface area contributed by atoms with E-state index in [1.54, 1.807) is 16.7 Å². The quantitative estimate of drug-likeness (QED) is 0.733. The number of carbonyl (C=O) groups excluding carboxylic acids is 1. The van der Waals surface area contributed by atoms with Crippen molar-refractivity contribution in [2.45, 2.75) is 44.2 Å². The number of likely N-dealkylation sites (N-methyl/N-ethyl adjacent to an activating group) is 2. The van der Waals surface area contributed by atoms with Crippen LogP contribution in [0, 0.1) is 0 Å². The molecule has 0 heterocycles. The predicted molar refractivity (Wildman–Crippen MR) is 83.5 cm³/mol. The zero-order chi connectivity index (χ0) is 14.3. The Bertz CT molecular complexity index is 269. The van der Waals surface area contributed by atoms with Gasteiger partial charge in [-0.2, -0.15) is 11.8 Å². The molecule has 1 fully saturated rings. The zero-order valence-corrected chi connectivity index (χ0v) is 13.4. The van der Waals surface area contributed by atoms with E-state index in [9.17, 15) is 4.79 Å². The molecule has 19 heavy (non-hydrogen) atoms. The maximum Gasteiger partial charge on any atom is 0.239 e. The fourth-order valence-electron chi connectivity index (χ4n) is 2.60. The van der Waals surface area contributed by atoms with Crippen molar-refractivity contribution in [3.63, 3.8) is 0 Å². The van der Waals surface area contributed by atoms with E-state index in [0.717, 1.165) is 25.3 Å². The number of hydrogen-bond donors (Lipinski definition) is 1.